The van der Waals surface area contributed by atoms with Crippen molar-refractivity contribution in [3.8, 4) is 0 Å². The van der Waals surface area contributed by atoms with Crippen LogP contribution in [0, 0.1) is 5.92 Å². The fourth-order valence-electron chi connectivity index (χ4n) is 1.90. The third-order valence-corrected chi connectivity index (χ3v) is 4.44. The molecule has 0 aromatic carbocycles. The summed E-state index contributed by atoms with van der Waals surface area (Å²) in [6.07, 6.45) is 0. The van der Waals surface area contributed by atoms with Gasteiger partial charge in [-0.2, -0.15) is 0 Å². The minimum absolute atomic E-state index is 0.321. The molecule has 4 nitrogen and oxygen atoms in total. The molecule has 2 saturated heterocycles. The van der Waals surface area contributed by atoms with Gasteiger partial charge in [0, 0.05) is 25.7 Å². The molecule has 2 rings (SSSR count). The van der Waals surface area contributed by atoms with E-state index in [-0.39, 0.29) is 0 Å². The van der Waals surface area contributed by atoms with Gasteiger partial charge in [0.25, 0.3) is 0 Å². The molecule has 2 aliphatic heterocycles. The average Bonchev–Trinajstić information content (AvgIpc) is 1.80. The van der Waals surface area contributed by atoms with Crippen LogP contribution in [0.15, 0.2) is 0 Å². The van der Waals surface area contributed by atoms with E-state index in [0.29, 0.717) is 23.5 Å². The zero-order chi connectivity index (χ0) is 8.77. The minimum Gasteiger partial charge on any atom is -0.325 e. The van der Waals surface area contributed by atoms with Crippen LogP contribution in [-0.2, 0) is 9.84 Å². The molecule has 0 bridgehead atoms. The van der Waals surface area contributed by atoms with Crippen molar-refractivity contribution in [3.63, 3.8) is 0 Å². The summed E-state index contributed by atoms with van der Waals surface area (Å²) < 4.78 is 21.6. The van der Waals surface area contributed by atoms with Gasteiger partial charge in [0.15, 0.2) is 9.84 Å². The summed E-state index contributed by atoms with van der Waals surface area (Å²) in [6.45, 7) is 2.81. The molecule has 12 heavy (non-hydrogen) atoms. The van der Waals surface area contributed by atoms with Crippen molar-refractivity contribution in [1.29, 1.82) is 0 Å². The monoisotopic (exact) mass is 190 g/mol. The molecule has 2 fully saturated rings. The highest BCUT2D eigenvalue weighted by atomic mass is 32.2. The molecule has 2 heterocycles. The average molecular weight is 190 g/mol. The molecular weight excluding hydrogens is 176 g/mol. The summed E-state index contributed by atoms with van der Waals surface area (Å²) in [5, 5.41) is 0. The lowest BCUT2D eigenvalue weighted by atomic mass is 10.1. The molecule has 5 heteroatoms. The van der Waals surface area contributed by atoms with Gasteiger partial charge >= 0.3 is 0 Å². The van der Waals surface area contributed by atoms with Gasteiger partial charge in [-0.05, 0) is 5.92 Å². The lowest BCUT2D eigenvalue weighted by molar-refractivity contribution is 0.132. The number of hydrogen-bond acceptors (Lipinski definition) is 4. The van der Waals surface area contributed by atoms with Crippen molar-refractivity contribution in [1.82, 2.24) is 4.90 Å². The van der Waals surface area contributed by atoms with E-state index in [1.54, 1.807) is 0 Å². The normalized spacial score (nSPS) is 31.1. The van der Waals surface area contributed by atoms with Crippen molar-refractivity contribution in [2.45, 2.75) is 6.04 Å². The van der Waals surface area contributed by atoms with Crippen LogP contribution < -0.4 is 5.73 Å². The summed E-state index contributed by atoms with van der Waals surface area (Å²) in [6, 6.07) is 0.321. The van der Waals surface area contributed by atoms with E-state index in [2.05, 4.69) is 4.90 Å². The lowest BCUT2D eigenvalue weighted by Crippen LogP contribution is -2.58. The van der Waals surface area contributed by atoms with Crippen molar-refractivity contribution < 1.29 is 8.42 Å². The molecule has 0 radical (unpaired) electrons. The van der Waals surface area contributed by atoms with Crippen LogP contribution in [0.25, 0.3) is 0 Å². The van der Waals surface area contributed by atoms with E-state index in [9.17, 15) is 8.42 Å². The second kappa shape index (κ2) is 2.68. The van der Waals surface area contributed by atoms with Gasteiger partial charge in [-0.25, -0.2) is 8.42 Å². The van der Waals surface area contributed by atoms with Crippen molar-refractivity contribution in [3.05, 3.63) is 0 Å². The van der Waals surface area contributed by atoms with E-state index in [1.165, 1.54) is 0 Å². The smallest absolute Gasteiger partial charge is 0.151 e. The molecule has 2 aliphatic rings. The fourth-order valence-corrected chi connectivity index (χ4v) is 3.45. The second-order valence-corrected chi connectivity index (χ2v) is 6.08. The van der Waals surface area contributed by atoms with Gasteiger partial charge in [0.2, 0.25) is 0 Å². The van der Waals surface area contributed by atoms with E-state index < -0.39 is 9.84 Å². The van der Waals surface area contributed by atoms with E-state index >= 15 is 0 Å². The summed E-state index contributed by atoms with van der Waals surface area (Å²) in [5.41, 5.74) is 5.60. The summed E-state index contributed by atoms with van der Waals surface area (Å²) >= 11 is 0. The number of nitrogens with zero attached hydrogens (tertiary/aromatic N) is 1. The quantitative estimate of drug-likeness (QED) is 0.586. The Morgan fingerprint density at radius 1 is 1.33 bits per heavy atom. The van der Waals surface area contributed by atoms with Crippen LogP contribution in [0.3, 0.4) is 0 Å². The molecule has 0 amide bonds. The third kappa shape index (κ3) is 1.62. The van der Waals surface area contributed by atoms with Crippen molar-refractivity contribution in [2.24, 2.45) is 11.7 Å². The first-order valence-electron chi connectivity index (χ1n) is 4.23. The Kier molecular flexibility index (Phi) is 1.89. The fraction of sp³-hybridized carbons (Fsp3) is 1.00. The molecule has 0 atom stereocenters. The van der Waals surface area contributed by atoms with E-state index in [4.69, 9.17) is 5.73 Å². The predicted octanol–water partition coefficient (Wildman–Crippen LogP) is -1.33. The number of likely N-dealkylation sites (tertiary alicyclic amines) is 1. The van der Waals surface area contributed by atoms with Crippen LogP contribution in [0.2, 0.25) is 0 Å². The Hall–Kier alpha value is -0.130. The van der Waals surface area contributed by atoms with E-state index in [0.717, 1.165) is 19.6 Å². The first kappa shape index (κ1) is 8.47. The highest BCUT2D eigenvalue weighted by Crippen LogP contribution is 2.21. The Morgan fingerprint density at radius 3 is 2.33 bits per heavy atom. The van der Waals surface area contributed by atoms with Gasteiger partial charge < -0.3 is 5.73 Å². The van der Waals surface area contributed by atoms with Gasteiger partial charge in [0.05, 0.1) is 11.5 Å². The summed E-state index contributed by atoms with van der Waals surface area (Å²) in [4.78, 5) is 2.23. The Morgan fingerprint density at radius 2 is 1.92 bits per heavy atom. The Bertz CT molecular complexity index is 257. The minimum atomic E-state index is -2.63. The lowest BCUT2D eigenvalue weighted by Gasteiger charge is -2.40. The zero-order valence-corrected chi connectivity index (χ0v) is 7.76. The van der Waals surface area contributed by atoms with Crippen LogP contribution >= 0.6 is 0 Å². The standard InChI is InChI=1S/C7H14N2O2S/c8-7-2-9(3-7)1-6-4-12(10,11)5-6/h6-7H,1-5,8H2. The number of rotatable bonds is 2. The van der Waals surface area contributed by atoms with Crippen LogP contribution in [0.1, 0.15) is 0 Å². The third-order valence-electron chi connectivity index (χ3n) is 2.48. The largest absolute Gasteiger partial charge is 0.325 e. The molecule has 0 unspecified atom stereocenters. The Labute approximate surface area is 72.6 Å². The first-order chi connectivity index (χ1) is 5.55. The van der Waals surface area contributed by atoms with Crippen LogP contribution in [-0.4, -0.2) is 50.5 Å². The van der Waals surface area contributed by atoms with Gasteiger partial charge in [-0.3, -0.25) is 4.90 Å². The first-order valence-corrected chi connectivity index (χ1v) is 6.06. The predicted molar refractivity (Wildman–Crippen MR) is 46.6 cm³/mol. The second-order valence-electron chi connectivity index (χ2n) is 3.92. The van der Waals surface area contributed by atoms with Crippen molar-refractivity contribution >= 4 is 9.84 Å². The highest BCUT2D eigenvalue weighted by Gasteiger charge is 2.36. The topological polar surface area (TPSA) is 63.4 Å². The SMILES string of the molecule is NC1CN(CC2CS(=O)(=O)C2)C1. The number of hydrogen-bond donors (Lipinski definition) is 1. The maximum Gasteiger partial charge on any atom is 0.151 e. The molecule has 0 aliphatic carbocycles. The molecule has 0 aromatic heterocycles. The summed E-state index contributed by atoms with van der Waals surface area (Å²) in [7, 11) is -2.63. The molecule has 0 aromatic rings. The summed E-state index contributed by atoms with van der Waals surface area (Å²) in [5.74, 6) is 1.15. The maximum absolute atomic E-state index is 10.8. The van der Waals surface area contributed by atoms with Gasteiger partial charge in [0.1, 0.15) is 0 Å². The maximum atomic E-state index is 10.8. The molecular formula is C7H14N2O2S. The van der Waals surface area contributed by atoms with Crippen LogP contribution in [0.5, 0.6) is 0 Å². The highest BCUT2D eigenvalue weighted by molar-refractivity contribution is 7.92. The van der Waals surface area contributed by atoms with Crippen LogP contribution in [0.4, 0.5) is 0 Å². The number of nitrogens with two attached hydrogens (primary N) is 1. The van der Waals surface area contributed by atoms with E-state index in [1.807, 2.05) is 0 Å². The molecule has 0 spiro atoms. The Balaban J connectivity index is 1.71. The van der Waals surface area contributed by atoms with Gasteiger partial charge in [-0.15, -0.1) is 0 Å². The van der Waals surface area contributed by atoms with Gasteiger partial charge in [-0.1, -0.05) is 0 Å². The van der Waals surface area contributed by atoms with Crippen molar-refractivity contribution in [2.75, 3.05) is 31.1 Å². The molecule has 0 saturated carbocycles. The molecule has 2 N–H and O–H groups in total. The zero-order valence-electron chi connectivity index (χ0n) is 6.94. The molecule has 70 valence electrons. The number of sulfone groups is 1.